The molecule has 0 aromatic carbocycles. The number of halogens is 1. The average molecular weight is 333 g/mol. The predicted molar refractivity (Wildman–Crippen MR) is 97.9 cm³/mol. The summed E-state index contributed by atoms with van der Waals surface area (Å²) < 4.78 is 12.3. The van der Waals surface area contributed by atoms with Crippen LogP contribution in [0.1, 0.15) is 19.0 Å². The smallest absolute Gasteiger partial charge is 0.156 e. The Morgan fingerprint density at radius 1 is 1.25 bits per heavy atom. The molecule has 0 amide bonds. The van der Waals surface area contributed by atoms with E-state index in [0.717, 1.165) is 60.4 Å². The molecule has 5 nitrogen and oxygen atoms in total. The molecule has 0 atom stereocenters. The van der Waals surface area contributed by atoms with E-state index >= 15 is 0 Å². The van der Waals surface area contributed by atoms with Crippen molar-refractivity contribution in [3.05, 3.63) is 28.4 Å². The number of nitrogens with one attached hydrogen (secondary N) is 1. The van der Waals surface area contributed by atoms with Crippen molar-refractivity contribution in [1.82, 2.24) is 20.0 Å². The molecule has 2 heterocycles. The Morgan fingerprint density at radius 3 is 2.54 bits per heavy atom. The highest BCUT2D eigenvalue weighted by molar-refractivity contribution is 5.53. The monoisotopic (exact) mass is 333 g/mol. The van der Waals surface area contributed by atoms with Gasteiger partial charge >= 0.3 is 0 Å². The highest BCUT2D eigenvalue weighted by Crippen LogP contribution is 2.09. The lowest BCUT2D eigenvalue weighted by atomic mass is 10.2. The van der Waals surface area contributed by atoms with Crippen LogP contribution in [0.15, 0.2) is 12.3 Å². The van der Waals surface area contributed by atoms with Crippen LogP contribution in [0.2, 0.25) is 0 Å². The van der Waals surface area contributed by atoms with E-state index in [1.165, 1.54) is 0 Å². The molecule has 132 valence electrons. The summed E-state index contributed by atoms with van der Waals surface area (Å²) in [6, 6.07) is 0. The van der Waals surface area contributed by atoms with Crippen LogP contribution < -0.4 is 15.8 Å². The van der Waals surface area contributed by atoms with E-state index in [4.69, 9.17) is 0 Å². The van der Waals surface area contributed by atoms with Crippen LogP contribution in [-0.2, 0) is 0 Å². The molecule has 2 rings (SSSR count). The molecule has 0 radical (unpaired) electrons. The molecule has 1 aromatic heterocycles. The van der Waals surface area contributed by atoms with Gasteiger partial charge in [0.1, 0.15) is 0 Å². The number of piperazine rings is 1. The number of anilines is 1. The molecule has 1 saturated heterocycles. The Morgan fingerprint density at radius 2 is 1.96 bits per heavy atom. The Labute approximate surface area is 143 Å². The first-order valence-electron chi connectivity index (χ1n) is 8.52. The maximum Gasteiger partial charge on any atom is 0.156 e. The van der Waals surface area contributed by atoms with E-state index in [1.807, 2.05) is 20.9 Å². The molecule has 0 saturated carbocycles. The Hall–Kier alpha value is -1.95. The zero-order valence-corrected chi connectivity index (χ0v) is 15.0. The van der Waals surface area contributed by atoms with Crippen molar-refractivity contribution in [2.45, 2.75) is 20.3 Å². The minimum Gasteiger partial charge on any atom is -0.371 e. The first-order chi connectivity index (χ1) is 11.6. The number of nitrogens with zero attached hydrogens (tertiary/aromatic N) is 4. The Bertz CT molecular complexity index is 677. The van der Waals surface area contributed by atoms with Crippen LogP contribution in [0.25, 0.3) is 12.2 Å². The van der Waals surface area contributed by atoms with Crippen LogP contribution >= 0.6 is 0 Å². The minimum atomic E-state index is -0.238. The molecule has 6 heteroatoms. The van der Waals surface area contributed by atoms with Gasteiger partial charge in [0.05, 0.1) is 12.4 Å². The predicted octanol–water partition coefficient (Wildman–Crippen LogP) is 0.899. The second kappa shape index (κ2) is 8.78. The van der Waals surface area contributed by atoms with Crippen LogP contribution in [0.3, 0.4) is 0 Å². The van der Waals surface area contributed by atoms with E-state index < -0.39 is 0 Å². The third kappa shape index (κ3) is 4.32. The van der Waals surface area contributed by atoms with E-state index in [-0.39, 0.29) is 6.67 Å². The molecule has 1 aromatic rings. The number of hydrogen-bond donors (Lipinski definition) is 1. The van der Waals surface area contributed by atoms with Crippen molar-refractivity contribution in [2.24, 2.45) is 0 Å². The number of aromatic nitrogens is 2. The highest BCUT2D eigenvalue weighted by atomic mass is 19.1. The first kappa shape index (κ1) is 18.4. The lowest BCUT2D eigenvalue weighted by Crippen LogP contribution is -2.46. The Balaban J connectivity index is 2.18. The standard InChI is InChI=1S/C18H28FN5/c1-5-16-15(3)21-22-18(20-4)17(16)13-14(2)24-11-9-23(10-12-24)8-6-7-19/h5,13H,2,6-12H2,1,3-4H3,(H,20,22)/b16-5-,17-13+. The summed E-state index contributed by atoms with van der Waals surface area (Å²) >= 11 is 0. The van der Waals surface area contributed by atoms with Crippen LogP contribution in [-0.4, -0.2) is 66.4 Å². The van der Waals surface area contributed by atoms with Crippen molar-refractivity contribution in [3.63, 3.8) is 0 Å². The van der Waals surface area contributed by atoms with Crippen molar-refractivity contribution in [3.8, 4) is 0 Å². The summed E-state index contributed by atoms with van der Waals surface area (Å²) in [5.74, 6) is 0.761. The van der Waals surface area contributed by atoms with Crippen molar-refractivity contribution in [1.29, 1.82) is 0 Å². The van der Waals surface area contributed by atoms with Gasteiger partial charge in [0, 0.05) is 55.9 Å². The van der Waals surface area contributed by atoms with Crippen molar-refractivity contribution >= 4 is 18.0 Å². The molecule has 1 N–H and O–H groups in total. The van der Waals surface area contributed by atoms with Gasteiger partial charge in [0.2, 0.25) is 0 Å². The topological polar surface area (TPSA) is 44.3 Å². The molecule has 0 bridgehead atoms. The molecule has 1 aliphatic rings. The summed E-state index contributed by atoms with van der Waals surface area (Å²) in [7, 11) is 1.85. The maximum atomic E-state index is 12.3. The van der Waals surface area contributed by atoms with Crippen LogP contribution in [0, 0.1) is 6.92 Å². The number of rotatable bonds is 6. The number of hydrogen-bond acceptors (Lipinski definition) is 5. The quantitative estimate of drug-likeness (QED) is 0.838. The van der Waals surface area contributed by atoms with Gasteiger partial charge in [-0.2, -0.15) is 5.10 Å². The number of allylic oxidation sites excluding steroid dienone is 1. The molecule has 0 aliphatic carbocycles. The minimum absolute atomic E-state index is 0.238. The molecule has 0 spiro atoms. The van der Waals surface area contributed by atoms with Gasteiger partial charge in [-0.1, -0.05) is 12.7 Å². The third-order valence-electron chi connectivity index (χ3n) is 4.46. The molecular formula is C18H28FN5. The summed E-state index contributed by atoms with van der Waals surface area (Å²) in [6.45, 7) is 12.5. The second-order valence-electron chi connectivity index (χ2n) is 6.01. The molecule has 24 heavy (non-hydrogen) atoms. The summed E-state index contributed by atoms with van der Waals surface area (Å²) in [6.07, 6.45) is 4.76. The Kier molecular flexibility index (Phi) is 6.73. The normalized spacial score (nSPS) is 17.4. The fraction of sp³-hybridized carbons (Fsp3) is 0.556. The SMILES string of the molecule is C=C(/C=c1/c(NC)nnc(C)/c1=C/C)N1CCN(CCCF)CC1. The van der Waals surface area contributed by atoms with Gasteiger partial charge in [-0.15, -0.1) is 5.10 Å². The summed E-state index contributed by atoms with van der Waals surface area (Å²) in [5.41, 5.74) is 1.89. The number of aryl methyl sites for hydroxylation is 1. The van der Waals surface area contributed by atoms with Gasteiger partial charge in [0.25, 0.3) is 0 Å². The van der Waals surface area contributed by atoms with Gasteiger partial charge in [-0.3, -0.25) is 9.29 Å². The van der Waals surface area contributed by atoms with Crippen molar-refractivity contribution < 1.29 is 4.39 Å². The average Bonchev–Trinajstić information content (AvgIpc) is 2.60. The highest BCUT2D eigenvalue weighted by Gasteiger charge is 2.16. The first-order valence-corrected chi connectivity index (χ1v) is 8.52. The number of alkyl halides is 1. The van der Waals surface area contributed by atoms with Gasteiger partial charge in [-0.05, 0) is 26.3 Å². The summed E-state index contributed by atoms with van der Waals surface area (Å²) in [5, 5.41) is 13.6. The zero-order valence-electron chi connectivity index (χ0n) is 15.0. The van der Waals surface area contributed by atoms with Gasteiger partial charge < -0.3 is 10.2 Å². The third-order valence-corrected chi connectivity index (χ3v) is 4.46. The molecular weight excluding hydrogens is 305 g/mol. The van der Waals surface area contributed by atoms with Crippen molar-refractivity contribution in [2.75, 3.05) is 51.8 Å². The second-order valence-corrected chi connectivity index (χ2v) is 6.01. The molecule has 0 unspecified atom stereocenters. The van der Waals surface area contributed by atoms with Crippen LogP contribution in [0.4, 0.5) is 10.2 Å². The van der Waals surface area contributed by atoms with Crippen LogP contribution in [0.5, 0.6) is 0 Å². The van der Waals surface area contributed by atoms with E-state index in [9.17, 15) is 4.39 Å². The fourth-order valence-electron chi connectivity index (χ4n) is 3.05. The van der Waals surface area contributed by atoms with Gasteiger partial charge in [-0.25, -0.2) is 0 Å². The molecule has 1 aliphatic heterocycles. The summed E-state index contributed by atoms with van der Waals surface area (Å²) in [4.78, 5) is 4.59. The van der Waals surface area contributed by atoms with E-state index in [1.54, 1.807) is 0 Å². The lowest BCUT2D eigenvalue weighted by Gasteiger charge is -2.36. The lowest BCUT2D eigenvalue weighted by molar-refractivity contribution is 0.159. The van der Waals surface area contributed by atoms with Gasteiger partial charge in [0.15, 0.2) is 5.82 Å². The fourth-order valence-corrected chi connectivity index (χ4v) is 3.05. The largest absolute Gasteiger partial charge is 0.371 e. The van der Waals surface area contributed by atoms with E-state index in [2.05, 4.69) is 44.0 Å². The maximum absolute atomic E-state index is 12.3. The molecule has 1 fully saturated rings. The zero-order chi connectivity index (χ0) is 17.5. The van der Waals surface area contributed by atoms with E-state index in [0.29, 0.717) is 6.42 Å².